The van der Waals surface area contributed by atoms with Crippen LogP contribution >= 0.6 is 15.9 Å². The summed E-state index contributed by atoms with van der Waals surface area (Å²) in [6, 6.07) is 12.9. The second kappa shape index (κ2) is 8.29. The molecule has 0 unspecified atom stereocenters. The number of nitrogens with one attached hydrogen (secondary N) is 1. The third-order valence-electron chi connectivity index (χ3n) is 3.09. The van der Waals surface area contributed by atoms with Crippen molar-refractivity contribution in [3.05, 3.63) is 76.3 Å². The molecule has 1 amide bonds. The molecule has 0 saturated carbocycles. The minimum atomic E-state index is -0.247. The van der Waals surface area contributed by atoms with Crippen LogP contribution in [0.15, 0.2) is 64.7 Å². The van der Waals surface area contributed by atoms with Gasteiger partial charge in [-0.2, -0.15) is 5.10 Å². The van der Waals surface area contributed by atoms with Crippen LogP contribution in [0.1, 0.15) is 21.5 Å². The minimum absolute atomic E-state index is 0.247. The molecule has 0 aliphatic rings. The molecule has 0 radical (unpaired) electrons. The summed E-state index contributed by atoms with van der Waals surface area (Å²) < 4.78 is 6.46. The highest BCUT2D eigenvalue weighted by atomic mass is 79.9. The number of hydrogen-bond acceptors (Lipinski definition) is 3. The van der Waals surface area contributed by atoms with Crippen LogP contribution in [0.3, 0.4) is 0 Å². The summed E-state index contributed by atoms with van der Waals surface area (Å²) in [6.45, 7) is 5.91. The SMILES string of the molecule is C=CCOc1ccc(Br)cc1/C=N\NC(=O)c1ccccc1C. The van der Waals surface area contributed by atoms with Crippen molar-refractivity contribution in [3.8, 4) is 5.75 Å². The fourth-order valence-corrected chi connectivity index (χ4v) is 2.33. The molecule has 0 aromatic heterocycles. The number of nitrogens with zero attached hydrogens (tertiary/aromatic N) is 1. The number of hydrazone groups is 1. The van der Waals surface area contributed by atoms with Crippen molar-refractivity contribution in [1.29, 1.82) is 0 Å². The van der Waals surface area contributed by atoms with Crippen LogP contribution in [0.4, 0.5) is 0 Å². The van der Waals surface area contributed by atoms with Gasteiger partial charge in [-0.1, -0.05) is 46.8 Å². The summed E-state index contributed by atoms with van der Waals surface area (Å²) in [4.78, 5) is 12.1. The minimum Gasteiger partial charge on any atom is -0.489 e. The van der Waals surface area contributed by atoms with Gasteiger partial charge in [0.15, 0.2) is 0 Å². The first-order valence-electron chi connectivity index (χ1n) is 7.04. The lowest BCUT2D eigenvalue weighted by Crippen LogP contribution is -2.18. The van der Waals surface area contributed by atoms with Crippen LogP contribution in [-0.4, -0.2) is 18.7 Å². The van der Waals surface area contributed by atoms with E-state index in [9.17, 15) is 4.79 Å². The summed E-state index contributed by atoms with van der Waals surface area (Å²) >= 11 is 3.41. The molecule has 0 aliphatic carbocycles. The monoisotopic (exact) mass is 372 g/mol. The quantitative estimate of drug-likeness (QED) is 0.471. The van der Waals surface area contributed by atoms with Gasteiger partial charge in [0.1, 0.15) is 12.4 Å². The van der Waals surface area contributed by atoms with Crippen molar-refractivity contribution in [2.45, 2.75) is 6.92 Å². The molecular formula is C18H17BrN2O2. The maximum Gasteiger partial charge on any atom is 0.271 e. The summed E-state index contributed by atoms with van der Waals surface area (Å²) in [5.74, 6) is 0.421. The molecule has 4 nitrogen and oxygen atoms in total. The summed E-state index contributed by atoms with van der Waals surface area (Å²) in [6.07, 6.45) is 3.22. The standard InChI is InChI=1S/C18H17BrN2O2/c1-3-10-23-17-9-8-15(19)11-14(17)12-20-21-18(22)16-7-5-4-6-13(16)2/h3-9,11-12H,1,10H2,2H3,(H,21,22)/b20-12-. The van der Waals surface area contributed by atoms with Gasteiger partial charge < -0.3 is 4.74 Å². The maximum atomic E-state index is 12.1. The Hall–Kier alpha value is -2.40. The van der Waals surface area contributed by atoms with Gasteiger partial charge in [0, 0.05) is 15.6 Å². The Kier molecular flexibility index (Phi) is 6.11. The Morgan fingerprint density at radius 1 is 1.35 bits per heavy atom. The van der Waals surface area contributed by atoms with E-state index in [-0.39, 0.29) is 5.91 Å². The zero-order chi connectivity index (χ0) is 16.7. The highest BCUT2D eigenvalue weighted by Gasteiger charge is 2.07. The Morgan fingerprint density at radius 3 is 2.87 bits per heavy atom. The van der Waals surface area contributed by atoms with Crippen LogP contribution in [0.25, 0.3) is 0 Å². The van der Waals surface area contributed by atoms with Crippen molar-refractivity contribution >= 4 is 28.1 Å². The first-order valence-corrected chi connectivity index (χ1v) is 7.83. The van der Waals surface area contributed by atoms with E-state index in [0.717, 1.165) is 15.6 Å². The van der Waals surface area contributed by atoms with Gasteiger partial charge in [0.05, 0.1) is 6.21 Å². The van der Waals surface area contributed by atoms with Crippen LogP contribution < -0.4 is 10.2 Å². The van der Waals surface area contributed by atoms with Crippen molar-refractivity contribution in [2.24, 2.45) is 5.10 Å². The second-order valence-corrected chi connectivity index (χ2v) is 5.71. The first kappa shape index (κ1) is 17.0. The number of amides is 1. The molecule has 5 heteroatoms. The number of carbonyl (C=O) groups excluding carboxylic acids is 1. The molecule has 0 saturated heterocycles. The molecule has 0 aliphatic heterocycles. The molecule has 2 aromatic rings. The van der Waals surface area contributed by atoms with Crippen molar-refractivity contribution in [1.82, 2.24) is 5.43 Å². The highest BCUT2D eigenvalue weighted by Crippen LogP contribution is 2.21. The largest absolute Gasteiger partial charge is 0.489 e. The number of carbonyl (C=O) groups is 1. The Balaban J connectivity index is 2.11. The van der Waals surface area contributed by atoms with Crippen molar-refractivity contribution < 1.29 is 9.53 Å². The third kappa shape index (κ3) is 4.79. The number of halogens is 1. The third-order valence-corrected chi connectivity index (χ3v) is 3.58. The van der Waals surface area contributed by atoms with E-state index in [2.05, 4.69) is 33.0 Å². The van der Waals surface area contributed by atoms with E-state index < -0.39 is 0 Å². The molecule has 0 bridgehead atoms. The molecule has 23 heavy (non-hydrogen) atoms. The molecule has 0 atom stereocenters. The van der Waals surface area contributed by atoms with Gasteiger partial charge in [-0.05, 0) is 36.8 Å². The fraction of sp³-hybridized carbons (Fsp3) is 0.111. The first-order chi connectivity index (χ1) is 11.1. The van der Waals surface area contributed by atoms with Crippen LogP contribution in [0.2, 0.25) is 0 Å². The number of ether oxygens (including phenoxy) is 1. The van der Waals surface area contributed by atoms with Crippen molar-refractivity contribution in [2.75, 3.05) is 6.61 Å². The van der Waals surface area contributed by atoms with Gasteiger partial charge in [0.2, 0.25) is 0 Å². The van der Waals surface area contributed by atoms with Crippen LogP contribution in [0.5, 0.6) is 5.75 Å². The summed E-state index contributed by atoms with van der Waals surface area (Å²) in [7, 11) is 0. The number of rotatable bonds is 6. The van der Waals surface area contributed by atoms with Gasteiger partial charge in [-0.15, -0.1) is 0 Å². The van der Waals surface area contributed by atoms with Gasteiger partial charge in [-0.25, -0.2) is 5.43 Å². The summed E-state index contributed by atoms with van der Waals surface area (Å²) in [5.41, 5.74) is 4.79. The van der Waals surface area contributed by atoms with E-state index >= 15 is 0 Å². The van der Waals surface area contributed by atoms with Crippen LogP contribution in [-0.2, 0) is 0 Å². The lowest BCUT2D eigenvalue weighted by atomic mass is 10.1. The average molecular weight is 373 g/mol. The van der Waals surface area contributed by atoms with E-state index in [1.165, 1.54) is 0 Å². The number of hydrogen-bond donors (Lipinski definition) is 1. The molecule has 2 aromatic carbocycles. The lowest BCUT2D eigenvalue weighted by Gasteiger charge is -2.07. The van der Waals surface area contributed by atoms with Crippen molar-refractivity contribution in [3.63, 3.8) is 0 Å². The summed E-state index contributed by atoms with van der Waals surface area (Å²) in [5, 5.41) is 4.02. The zero-order valence-electron chi connectivity index (χ0n) is 12.8. The lowest BCUT2D eigenvalue weighted by molar-refractivity contribution is 0.0954. The second-order valence-electron chi connectivity index (χ2n) is 4.80. The van der Waals surface area contributed by atoms with Crippen LogP contribution in [0, 0.1) is 6.92 Å². The van der Waals surface area contributed by atoms with E-state index in [1.54, 1.807) is 18.4 Å². The molecule has 2 rings (SSSR count). The fourth-order valence-electron chi connectivity index (χ4n) is 1.95. The molecule has 0 fully saturated rings. The topological polar surface area (TPSA) is 50.7 Å². The Bertz CT molecular complexity index is 742. The van der Waals surface area contributed by atoms with E-state index in [0.29, 0.717) is 17.9 Å². The highest BCUT2D eigenvalue weighted by molar-refractivity contribution is 9.10. The molecular weight excluding hydrogens is 356 g/mol. The maximum absolute atomic E-state index is 12.1. The van der Waals surface area contributed by atoms with Gasteiger partial charge in [-0.3, -0.25) is 4.79 Å². The predicted octanol–water partition coefficient (Wildman–Crippen LogP) is 4.09. The molecule has 1 N–H and O–H groups in total. The molecule has 0 spiro atoms. The van der Waals surface area contributed by atoms with E-state index in [4.69, 9.17) is 4.74 Å². The van der Waals surface area contributed by atoms with Gasteiger partial charge >= 0.3 is 0 Å². The van der Waals surface area contributed by atoms with Gasteiger partial charge in [0.25, 0.3) is 5.91 Å². The van der Waals surface area contributed by atoms with E-state index in [1.807, 2.05) is 43.3 Å². The normalized spacial score (nSPS) is 10.5. The zero-order valence-corrected chi connectivity index (χ0v) is 14.3. The Morgan fingerprint density at radius 2 is 2.13 bits per heavy atom. The smallest absolute Gasteiger partial charge is 0.271 e. The number of benzene rings is 2. The predicted molar refractivity (Wildman–Crippen MR) is 96.1 cm³/mol. The average Bonchev–Trinajstić information content (AvgIpc) is 2.54. The molecule has 118 valence electrons. The molecule has 0 heterocycles. The Labute approximate surface area is 144 Å². The number of aryl methyl sites for hydroxylation is 1.